The van der Waals surface area contributed by atoms with Gasteiger partial charge < -0.3 is 19.9 Å². The fourth-order valence-electron chi connectivity index (χ4n) is 5.35. The van der Waals surface area contributed by atoms with Crippen molar-refractivity contribution in [3.8, 4) is 0 Å². The molecule has 5 rings (SSSR count). The van der Waals surface area contributed by atoms with Crippen LogP contribution in [-0.4, -0.2) is 56.1 Å². The molecule has 39 heavy (non-hydrogen) atoms. The van der Waals surface area contributed by atoms with Crippen LogP contribution in [-0.2, 0) is 16.0 Å². The molecule has 2 aliphatic heterocycles. The van der Waals surface area contributed by atoms with Crippen LogP contribution in [0.15, 0.2) is 66.7 Å². The zero-order valence-electron chi connectivity index (χ0n) is 22.5. The molecule has 3 aromatic rings. The molecule has 2 fully saturated rings. The van der Waals surface area contributed by atoms with Gasteiger partial charge in [-0.3, -0.25) is 9.59 Å². The fraction of sp³-hybridized carbons (Fsp3) is 0.375. The molecule has 6 nitrogen and oxygen atoms in total. The van der Waals surface area contributed by atoms with E-state index in [0.717, 1.165) is 74.7 Å². The number of hydrogen-bond donors (Lipinski definition) is 1. The van der Waals surface area contributed by atoms with Crippen molar-refractivity contribution in [1.82, 2.24) is 4.90 Å². The number of morpholine rings is 1. The Morgan fingerprint density at radius 2 is 1.62 bits per heavy atom. The van der Waals surface area contributed by atoms with Crippen molar-refractivity contribution >= 4 is 23.2 Å². The number of carbonyl (C=O) groups excluding carboxylic acids is 2. The summed E-state index contributed by atoms with van der Waals surface area (Å²) in [6.45, 7) is 6.43. The Morgan fingerprint density at radius 3 is 2.28 bits per heavy atom. The number of amides is 2. The van der Waals surface area contributed by atoms with Crippen molar-refractivity contribution in [3.63, 3.8) is 0 Å². The normalized spacial score (nSPS) is 16.3. The van der Waals surface area contributed by atoms with E-state index >= 15 is 0 Å². The van der Waals surface area contributed by atoms with Gasteiger partial charge in [-0.2, -0.15) is 0 Å². The summed E-state index contributed by atoms with van der Waals surface area (Å²) in [5, 5.41) is 2.94. The summed E-state index contributed by atoms with van der Waals surface area (Å²) >= 11 is 0. The molecule has 0 bridgehead atoms. The summed E-state index contributed by atoms with van der Waals surface area (Å²) in [7, 11) is 0. The quantitative estimate of drug-likeness (QED) is 0.435. The Balaban J connectivity index is 1.08. The summed E-state index contributed by atoms with van der Waals surface area (Å²) in [6, 6.07) is 21.1. The van der Waals surface area contributed by atoms with Crippen LogP contribution in [0.2, 0.25) is 0 Å². The van der Waals surface area contributed by atoms with E-state index in [-0.39, 0.29) is 17.6 Å². The van der Waals surface area contributed by atoms with E-state index in [1.807, 2.05) is 47.4 Å². The van der Waals surface area contributed by atoms with E-state index in [9.17, 15) is 14.0 Å². The fourth-order valence-corrected chi connectivity index (χ4v) is 5.35. The molecule has 2 saturated heterocycles. The van der Waals surface area contributed by atoms with Gasteiger partial charge in [0, 0.05) is 49.5 Å². The van der Waals surface area contributed by atoms with E-state index in [0.29, 0.717) is 24.3 Å². The number of likely N-dealkylation sites (tertiary alicyclic amines) is 1. The first-order valence-electron chi connectivity index (χ1n) is 13.8. The highest BCUT2D eigenvalue weighted by Crippen LogP contribution is 2.30. The lowest BCUT2D eigenvalue weighted by atomic mass is 9.89. The molecular weight excluding hydrogens is 493 g/mol. The minimum absolute atomic E-state index is 0.0893. The van der Waals surface area contributed by atoms with Crippen molar-refractivity contribution in [2.45, 2.75) is 38.5 Å². The Labute approximate surface area is 229 Å². The molecule has 3 aromatic carbocycles. The molecule has 0 aromatic heterocycles. The standard InChI is InChI=1S/C32H36FN3O3/c1-23-2-3-24(22-30(23)33)4-13-31(37)34-28-9-5-25(6-10-28)26-14-16-36(17-15-26)32(38)27-7-11-29(12-8-27)35-18-20-39-21-19-35/h2-3,5-12,22,26H,4,13-21H2,1H3,(H,34,37). The van der Waals surface area contributed by atoms with E-state index in [1.54, 1.807) is 13.0 Å². The summed E-state index contributed by atoms with van der Waals surface area (Å²) in [5.41, 5.74) is 5.28. The Bertz CT molecular complexity index is 1280. The highest BCUT2D eigenvalue weighted by atomic mass is 19.1. The van der Waals surface area contributed by atoms with Gasteiger partial charge in [0.15, 0.2) is 0 Å². The molecule has 0 atom stereocenters. The van der Waals surface area contributed by atoms with Crippen LogP contribution in [0.1, 0.15) is 52.2 Å². The topological polar surface area (TPSA) is 61.9 Å². The molecular formula is C32H36FN3O3. The number of anilines is 2. The van der Waals surface area contributed by atoms with Gasteiger partial charge in [-0.1, -0.05) is 24.3 Å². The third kappa shape index (κ3) is 6.84. The van der Waals surface area contributed by atoms with Crippen LogP contribution in [0, 0.1) is 12.7 Å². The molecule has 0 unspecified atom stereocenters. The molecule has 0 radical (unpaired) electrons. The van der Waals surface area contributed by atoms with Gasteiger partial charge in [-0.25, -0.2) is 4.39 Å². The lowest BCUT2D eigenvalue weighted by Gasteiger charge is -2.32. The van der Waals surface area contributed by atoms with Crippen LogP contribution < -0.4 is 10.2 Å². The predicted molar refractivity (Wildman–Crippen MR) is 152 cm³/mol. The summed E-state index contributed by atoms with van der Waals surface area (Å²) in [6.07, 6.45) is 2.62. The van der Waals surface area contributed by atoms with Crippen molar-refractivity contribution in [2.24, 2.45) is 0 Å². The highest BCUT2D eigenvalue weighted by Gasteiger charge is 2.25. The van der Waals surface area contributed by atoms with E-state index in [2.05, 4.69) is 22.3 Å². The van der Waals surface area contributed by atoms with Crippen molar-refractivity contribution in [1.29, 1.82) is 0 Å². The largest absolute Gasteiger partial charge is 0.378 e. The first-order valence-corrected chi connectivity index (χ1v) is 13.8. The molecule has 0 aliphatic carbocycles. The van der Waals surface area contributed by atoms with Crippen LogP contribution >= 0.6 is 0 Å². The van der Waals surface area contributed by atoms with Crippen molar-refractivity contribution < 1.29 is 18.7 Å². The summed E-state index contributed by atoms with van der Waals surface area (Å²) in [4.78, 5) is 29.7. The van der Waals surface area contributed by atoms with Gasteiger partial charge in [0.1, 0.15) is 5.82 Å². The average Bonchev–Trinajstić information content (AvgIpc) is 2.98. The van der Waals surface area contributed by atoms with Crippen molar-refractivity contribution in [2.75, 3.05) is 49.6 Å². The van der Waals surface area contributed by atoms with Gasteiger partial charge >= 0.3 is 0 Å². The zero-order chi connectivity index (χ0) is 27.2. The predicted octanol–water partition coefficient (Wildman–Crippen LogP) is 5.56. The molecule has 7 heteroatoms. The molecule has 0 spiro atoms. The van der Waals surface area contributed by atoms with Crippen LogP contribution in [0.5, 0.6) is 0 Å². The monoisotopic (exact) mass is 529 g/mol. The van der Waals surface area contributed by atoms with E-state index < -0.39 is 0 Å². The van der Waals surface area contributed by atoms with Gasteiger partial charge in [0.2, 0.25) is 5.91 Å². The summed E-state index contributed by atoms with van der Waals surface area (Å²) in [5.74, 6) is 0.151. The third-order valence-electron chi connectivity index (χ3n) is 7.82. The minimum atomic E-state index is -0.239. The second-order valence-electron chi connectivity index (χ2n) is 10.5. The molecule has 204 valence electrons. The summed E-state index contributed by atoms with van der Waals surface area (Å²) < 4.78 is 19.2. The van der Waals surface area contributed by atoms with Crippen LogP contribution in [0.25, 0.3) is 0 Å². The number of nitrogens with one attached hydrogen (secondary N) is 1. The lowest BCUT2D eigenvalue weighted by Crippen LogP contribution is -2.38. The Kier molecular flexibility index (Phi) is 8.57. The van der Waals surface area contributed by atoms with Gasteiger partial charge in [0.05, 0.1) is 13.2 Å². The lowest BCUT2D eigenvalue weighted by molar-refractivity contribution is -0.116. The smallest absolute Gasteiger partial charge is 0.253 e. The molecule has 2 aliphatic rings. The average molecular weight is 530 g/mol. The number of halogens is 1. The highest BCUT2D eigenvalue weighted by molar-refractivity contribution is 5.94. The number of carbonyl (C=O) groups is 2. The van der Waals surface area contributed by atoms with Gasteiger partial charge in [0.25, 0.3) is 5.91 Å². The van der Waals surface area contributed by atoms with Crippen molar-refractivity contribution in [3.05, 3.63) is 94.8 Å². The maximum atomic E-state index is 13.7. The number of ether oxygens (including phenoxy) is 1. The molecule has 0 saturated carbocycles. The number of rotatable bonds is 7. The number of nitrogens with zero attached hydrogens (tertiary/aromatic N) is 2. The number of benzene rings is 3. The molecule has 2 amide bonds. The minimum Gasteiger partial charge on any atom is -0.378 e. The van der Waals surface area contributed by atoms with Crippen LogP contribution in [0.3, 0.4) is 0 Å². The Morgan fingerprint density at radius 1 is 0.923 bits per heavy atom. The second kappa shape index (κ2) is 12.4. The molecule has 1 N–H and O–H groups in total. The maximum absolute atomic E-state index is 13.7. The first kappa shape index (κ1) is 26.9. The zero-order valence-corrected chi connectivity index (χ0v) is 22.5. The number of aryl methyl sites for hydroxylation is 2. The van der Waals surface area contributed by atoms with E-state index in [1.165, 1.54) is 11.6 Å². The number of piperidine rings is 1. The van der Waals surface area contributed by atoms with Gasteiger partial charge in [-0.05, 0) is 91.3 Å². The SMILES string of the molecule is Cc1ccc(CCC(=O)Nc2ccc(C3CCN(C(=O)c4ccc(N5CCOCC5)cc4)CC3)cc2)cc1F. The Hall–Kier alpha value is -3.71. The molecule has 2 heterocycles. The number of hydrogen-bond acceptors (Lipinski definition) is 4. The second-order valence-corrected chi connectivity index (χ2v) is 10.5. The van der Waals surface area contributed by atoms with Crippen LogP contribution in [0.4, 0.5) is 15.8 Å². The first-order chi connectivity index (χ1) is 19.0. The third-order valence-corrected chi connectivity index (χ3v) is 7.82. The van der Waals surface area contributed by atoms with Gasteiger partial charge in [-0.15, -0.1) is 0 Å². The van der Waals surface area contributed by atoms with E-state index in [4.69, 9.17) is 4.74 Å². The maximum Gasteiger partial charge on any atom is 0.253 e.